The fraction of sp³-hybridized carbons (Fsp3) is 1.00. The van der Waals surface area contributed by atoms with Crippen molar-refractivity contribution in [3.05, 3.63) is 0 Å². The molecule has 0 radical (unpaired) electrons. The Kier molecular flexibility index (Phi) is 10.3. The van der Waals surface area contributed by atoms with Gasteiger partial charge in [0.1, 0.15) is 48.8 Å². The van der Waals surface area contributed by atoms with Crippen molar-refractivity contribution in [2.45, 2.75) is 55.1 Å². The van der Waals surface area contributed by atoms with Gasteiger partial charge in [0, 0.05) is 0 Å². The van der Waals surface area contributed by atoms with Gasteiger partial charge in [-0.25, -0.2) is 0 Å². The van der Waals surface area contributed by atoms with E-state index >= 15 is 0 Å². The van der Waals surface area contributed by atoms with Gasteiger partial charge >= 0.3 is 0 Å². The molecule has 1 saturated heterocycles. The molecule has 0 aromatic carbocycles. The van der Waals surface area contributed by atoms with Crippen LogP contribution in [0.5, 0.6) is 0 Å². The van der Waals surface area contributed by atoms with Crippen molar-refractivity contribution in [1.82, 2.24) is 0 Å². The first-order chi connectivity index (χ1) is 10.8. The molecule has 1 heterocycles. The highest BCUT2D eigenvalue weighted by molar-refractivity contribution is 4.91. The summed E-state index contributed by atoms with van der Waals surface area (Å²) in [5.74, 6) is 0. The zero-order chi connectivity index (χ0) is 17.7. The van der Waals surface area contributed by atoms with Gasteiger partial charge in [-0.05, 0) is 0 Å². The first-order valence-corrected chi connectivity index (χ1v) is 7.00. The standard InChI is InChI=1S/C12H24O11.H2O/c13-1-4(16)7(18)11(5(17)2-14)23-12-10(21)9(20)8(19)6(3-15)22-12;/h4-21H,1-3H2;1H2/t4-,5+,6+,7+,8-,9-,10+,11+,12-;/m0./s1. The Morgan fingerprint density at radius 3 is 1.83 bits per heavy atom. The number of hydrogen-bond acceptors (Lipinski definition) is 11. The third-order valence-electron chi connectivity index (χ3n) is 3.62. The third-order valence-corrected chi connectivity index (χ3v) is 3.62. The predicted octanol–water partition coefficient (Wildman–Crippen LogP) is -6.59. The van der Waals surface area contributed by atoms with E-state index in [9.17, 15) is 30.6 Å². The number of ether oxygens (including phenoxy) is 2. The van der Waals surface area contributed by atoms with Crippen LogP contribution in [0.15, 0.2) is 0 Å². The van der Waals surface area contributed by atoms with Crippen LogP contribution in [0.4, 0.5) is 0 Å². The minimum atomic E-state index is -1.85. The van der Waals surface area contributed by atoms with Crippen molar-refractivity contribution < 1.29 is 60.9 Å². The monoisotopic (exact) mass is 362 g/mol. The summed E-state index contributed by atoms with van der Waals surface area (Å²) in [6, 6.07) is 0. The van der Waals surface area contributed by atoms with Gasteiger partial charge in [0.25, 0.3) is 0 Å². The van der Waals surface area contributed by atoms with E-state index in [1.165, 1.54) is 0 Å². The fourth-order valence-electron chi connectivity index (χ4n) is 2.16. The average Bonchev–Trinajstić information content (AvgIpc) is 2.57. The molecule has 0 aromatic rings. The molecule has 0 amide bonds. The maximum absolute atomic E-state index is 9.83. The summed E-state index contributed by atoms with van der Waals surface area (Å²) in [4.78, 5) is 0. The second-order valence-corrected chi connectivity index (χ2v) is 5.29. The average molecular weight is 362 g/mol. The molecule has 0 aliphatic carbocycles. The maximum Gasteiger partial charge on any atom is 0.187 e. The Bertz CT molecular complexity index is 342. The van der Waals surface area contributed by atoms with Gasteiger partial charge in [0.2, 0.25) is 0 Å². The summed E-state index contributed by atoms with van der Waals surface area (Å²) in [5, 5.41) is 84.9. The van der Waals surface area contributed by atoms with Gasteiger partial charge in [-0.2, -0.15) is 0 Å². The molecule has 146 valence electrons. The summed E-state index contributed by atoms with van der Waals surface area (Å²) in [7, 11) is 0. The zero-order valence-electron chi connectivity index (χ0n) is 12.7. The van der Waals surface area contributed by atoms with Crippen molar-refractivity contribution in [3.63, 3.8) is 0 Å². The highest BCUT2D eigenvalue weighted by atomic mass is 16.7. The highest BCUT2D eigenvalue weighted by Gasteiger charge is 2.46. The Morgan fingerprint density at radius 1 is 0.833 bits per heavy atom. The molecule has 12 heteroatoms. The van der Waals surface area contributed by atoms with E-state index in [-0.39, 0.29) is 5.48 Å². The lowest BCUT2D eigenvalue weighted by Gasteiger charge is -2.42. The number of rotatable bonds is 8. The van der Waals surface area contributed by atoms with Gasteiger partial charge < -0.3 is 60.9 Å². The van der Waals surface area contributed by atoms with E-state index in [0.717, 1.165) is 0 Å². The zero-order valence-corrected chi connectivity index (χ0v) is 12.7. The molecule has 0 spiro atoms. The third kappa shape index (κ3) is 5.26. The van der Waals surface area contributed by atoms with E-state index < -0.39 is 74.9 Å². The fourth-order valence-corrected chi connectivity index (χ4v) is 2.16. The molecule has 9 atom stereocenters. The highest BCUT2D eigenvalue weighted by Crippen LogP contribution is 2.24. The summed E-state index contributed by atoms with van der Waals surface area (Å²) in [6.45, 7) is -2.45. The van der Waals surface area contributed by atoms with Crippen LogP contribution in [0.1, 0.15) is 0 Å². The van der Waals surface area contributed by atoms with Crippen LogP contribution in [-0.4, -0.2) is 126 Å². The summed E-state index contributed by atoms with van der Waals surface area (Å²) in [6.07, 6.45) is -15.1. The SMILES string of the molecule is O.OC[C@@H](O)[C@@H](O[C@@H]1O[C@H](CO)[C@H](O)[C@H](O)[C@H]1O)[C@H](O)[C@@H](O)CO. The topological polar surface area (TPSA) is 232 Å². The van der Waals surface area contributed by atoms with Crippen molar-refractivity contribution in [2.75, 3.05) is 19.8 Å². The van der Waals surface area contributed by atoms with Crippen LogP contribution in [0.3, 0.4) is 0 Å². The largest absolute Gasteiger partial charge is 0.412 e. The van der Waals surface area contributed by atoms with Crippen LogP contribution < -0.4 is 0 Å². The predicted molar refractivity (Wildman–Crippen MR) is 74.4 cm³/mol. The maximum atomic E-state index is 9.83. The summed E-state index contributed by atoms with van der Waals surface area (Å²) >= 11 is 0. The lowest BCUT2D eigenvalue weighted by Crippen LogP contribution is -2.61. The molecule has 1 fully saturated rings. The second kappa shape index (κ2) is 10.5. The van der Waals surface area contributed by atoms with Crippen LogP contribution in [0.25, 0.3) is 0 Å². The number of aliphatic hydroxyl groups is 9. The Morgan fingerprint density at radius 2 is 1.38 bits per heavy atom. The molecule has 0 bridgehead atoms. The van der Waals surface area contributed by atoms with E-state index in [1.807, 2.05) is 0 Å². The quantitative estimate of drug-likeness (QED) is 0.197. The van der Waals surface area contributed by atoms with Gasteiger partial charge in [-0.1, -0.05) is 0 Å². The van der Waals surface area contributed by atoms with Crippen molar-refractivity contribution in [2.24, 2.45) is 0 Å². The molecule has 1 rings (SSSR count). The van der Waals surface area contributed by atoms with E-state index in [2.05, 4.69) is 0 Å². The molecule has 0 unspecified atom stereocenters. The molecule has 24 heavy (non-hydrogen) atoms. The molecule has 0 saturated carbocycles. The Hall–Kier alpha value is -0.480. The van der Waals surface area contributed by atoms with Gasteiger partial charge in [0.15, 0.2) is 6.29 Å². The smallest absolute Gasteiger partial charge is 0.187 e. The molecule has 1 aliphatic rings. The second-order valence-electron chi connectivity index (χ2n) is 5.29. The van der Waals surface area contributed by atoms with Crippen LogP contribution in [0.2, 0.25) is 0 Å². The lowest BCUT2D eigenvalue weighted by molar-refractivity contribution is -0.327. The minimum absolute atomic E-state index is 0. The molecular weight excluding hydrogens is 336 g/mol. The van der Waals surface area contributed by atoms with E-state index in [1.54, 1.807) is 0 Å². The first kappa shape index (κ1) is 23.5. The summed E-state index contributed by atoms with van der Waals surface area (Å²) in [5.41, 5.74) is 0. The normalized spacial score (nSPS) is 35.6. The summed E-state index contributed by atoms with van der Waals surface area (Å²) < 4.78 is 10.1. The molecule has 11 N–H and O–H groups in total. The van der Waals surface area contributed by atoms with Crippen molar-refractivity contribution in [1.29, 1.82) is 0 Å². The molecular formula is C12H26O12. The number of hydrogen-bond donors (Lipinski definition) is 9. The van der Waals surface area contributed by atoms with Gasteiger partial charge in [-0.3, -0.25) is 0 Å². The first-order valence-electron chi connectivity index (χ1n) is 7.00. The van der Waals surface area contributed by atoms with Crippen molar-refractivity contribution >= 4 is 0 Å². The molecule has 1 aliphatic heterocycles. The molecule has 0 aromatic heterocycles. The molecule has 12 nitrogen and oxygen atoms in total. The van der Waals surface area contributed by atoms with E-state index in [4.69, 9.17) is 24.8 Å². The van der Waals surface area contributed by atoms with Gasteiger partial charge in [0.05, 0.1) is 19.8 Å². The lowest BCUT2D eigenvalue weighted by atomic mass is 9.98. The van der Waals surface area contributed by atoms with Crippen LogP contribution >= 0.6 is 0 Å². The van der Waals surface area contributed by atoms with E-state index in [0.29, 0.717) is 0 Å². The van der Waals surface area contributed by atoms with Crippen LogP contribution in [-0.2, 0) is 9.47 Å². The Balaban J connectivity index is 0.00000529. The minimum Gasteiger partial charge on any atom is -0.412 e. The van der Waals surface area contributed by atoms with Crippen molar-refractivity contribution in [3.8, 4) is 0 Å². The number of aliphatic hydroxyl groups excluding tert-OH is 9. The Labute approximate surface area is 137 Å². The van der Waals surface area contributed by atoms with Crippen LogP contribution in [0, 0.1) is 0 Å². The van der Waals surface area contributed by atoms with Gasteiger partial charge in [-0.15, -0.1) is 0 Å².